The van der Waals surface area contributed by atoms with Crippen LogP contribution in [0.1, 0.15) is 49.5 Å². The van der Waals surface area contributed by atoms with E-state index in [9.17, 15) is 4.79 Å². The lowest BCUT2D eigenvalue weighted by molar-refractivity contribution is 0.0626. The molecule has 1 aromatic heterocycles. The van der Waals surface area contributed by atoms with Crippen molar-refractivity contribution in [2.24, 2.45) is 5.92 Å². The van der Waals surface area contributed by atoms with Gasteiger partial charge in [0.2, 0.25) is 5.88 Å². The van der Waals surface area contributed by atoms with E-state index in [0.717, 1.165) is 12.8 Å². The summed E-state index contributed by atoms with van der Waals surface area (Å²) in [7, 11) is 1.54. The normalized spacial score (nSPS) is 29.1. The first kappa shape index (κ1) is 13.3. The number of rotatable bonds is 2. The number of hydrogen-bond acceptors (Lipinski definition) is 4. The van der Waals surface area contributed by atoms with E-state index in [4.69, 9.17) is 4.74 Å². The quantitative estimate of drug-likeness (QED) is 0.831. The third kappa shape index (κ3) is 2.25. The molecule has 0 aromatic carbocycles. The Labute approximate surface area is 119 Å². The number of fused-ring (bicyclic) bond motifs is 1. The Morgan fingerprint density at radius 2 is 2.10 bits per heavy atom. The molecule has 2 heterocycles. The van der Waals surface area contributed by atoms with Crippen molar-refractivity contribution in [3.8, 4) is 5.88 Å². The van der Waals surface area contributed by atoms with Gasteiger partial charge in [-0.2, -0.15) is 0 Å². The zero-order valence-electron chi connectivity index (χ0n) is 12.1. The average Bonchev–Trinajstić information content (AvgIpc) is 2.82. The van der Waals surface area contributed by atoms with Crippen molar-refractivity contribution in [1.82, 2.24) is 15.1 Å². The van der Waals surface area contributed by atoms with Gasteiger partial charge in [-0.25, -0.2) is 0 Å². The Morgan fingerprint density at radius 1 is 1.30 bits per heavy atom. The molecule has 1 aliphatic carbocycles. The zero-order valence-corrected chi connectivity index (χ0v) is 12.1. The standard InChI is InChI=1S/C15H21N3O2/c1-10-9-11-5-3-4-6-13(11)18(10)15(19)12-7-8-14(20-2)17-16-12/h7-8,10-11,13H,3-6,9H2,1-2H3/t10-,11-,13+/m1/s1. The van der Waals surface area contributed by atoms with Crippen LogP contribution in [0.2, 0.25) is 0 Å². The maximum Gasteiger partial charge on any atom is 0.274 e. The lowest BCUT2D eigenvalue weighted by Crippen LogP contribution is -2.42. The smallest absolute Gasteiger partial charge is 0.274 e. The first-order valence-electron chi connectivity index (χ1n) is 7.41. The van der Waals surface area contributed by atoms with E-state index >= 15 is 0 Å². The summed E-state index contributed by atoms with van der Waals surface area (Å²) in [6.45, 7) is 2.15. The number of nitrogens with zero attached hydrogens (tertiary/aromatic N) is 3. The highest BCUT2D eigenvalue weighted by Gasteiger charge is 2.43. The van der Waals surface area contributed by atoms with Gasteiger partial charge in [-0.1, -0.05) is 12.8 Å². The first-order chi connectivity index (χ1) is 9.70. The summed E-state index contributed by atoms with van der Waals surface area (Å²) in [5.41, 5.74) is 0.420. The lowest BCUT2D eigenvalue weighted by atomic mass is 9.85. The molecule has 1 saturated heterocycles. The minimum Gasteiger partial charge on any atom is -0.480 e. The monoisotopic (exact) mass is 275 g/mol. The highest BCUT2D eigenvalue weighted by Crippen LogP contribution is 2.40. The molecule has 20 heavy (non-hydrogen) atoms. The molecule has 1 aliphatic heterocycles. The summed E-state index contributed by atoms with van der Waals surface area (Å²) < 4.78 is 4.98. The SMILES string of the molecule is COc1ccc(C(=O)N2[C@H](C)C[C@H]3CCCC[C@@H]32)nn1. The molecule has 3 rings (SSSR count). The summed E-state index contributed by atoms with van der Waals surface area (Å²) in [6.07, 6.45) is 6.04. The number of hydrogen-bond donors (Lipinski definition) is 0. The molecule has 1 amide bonds. The van der Waals surface area contributed by atoms with Gasteiger partial charge in [0, 0.05) is 18.2 Å². The molecule has 0 bridgehead atoms. The molecule has 0 spiro atoms. The fourth-order valence-electron chi connectivity index (χ4n) is 3.73. The second-order valence-corrected chi connectivity index (χ2v) is 5.87. The van der Waals surface area contributed by atoms with E-state index < -0.39 is 0 Å². The number of carbonyl (C=O) groups excluding carboxylic acids is 1. The third-order valence-corrected chi connectivity index (χ3v) is 4.65. The van der Waals surface area contributed by atoms with E-state index in [1.54, 1.807) is 19.2 Å². The van der Waals surface area contributed by atoms with Gasteiger partial charge in [-0.3, -0.25) is 4.79 Å². The van der Waals surface area contributed by atoms with Crippen LogP contribution >= 0.6 is 0 Å². The molecular formula is C15H21N3O2. The maximum atomic E-state index is 12.7. The summed E-state index contributed by atoms with van der Waals surface area (Å²) >= 11 is 0. The van der Waals surface area contributed by atoms with Crippen molar-refractivity contribution in [3.05, 3.63) is 17.8 Å². The average molecular weight is 275 g/mol. The summed E-state index contributed by atoms with van der Waals surface area (Å²) in [5.74, 6) is 1.13. The fraction of sp³-hybridized carbons (Fsp3) is 0.667. The Morgan fingerprint density at radius 3 is 2.80 bits per heavy atom. The van der Waals surface area contributed by atoms with E-state index in [0.29, 0.717) is 29.6 Å². The highest BCUT2D eigenvalue weighted by atomic mass is 16.5. The van der Waals surface area contributed by atoms with Crippen molar-refractivity contribution >= 4 is 5.91 Å². The summed E-state index contributed by atoms with van der Waals surface area (Å²) in [6, 6.07) is 4.10. The number of aromatic nitrogens is 2. The van der Waals surface area contributed by atoms with Crippen LogP contribution in [0.15, 0.2) is 12.1 Å². The minimum absolute atomic E-state index is 0.0158. The Balaban J connectivity index is 1.81. The predicted octanol–water partition coefficient (Wildman–Crippen LogP) is 2.28. The van der Waals surface area contributed by atoms with Gasteiger partial charge in [-0.15, -0.1) is 10.2 Å². The van der Waals surface area contributed by atoms with Crippen LogP contribution in [0.4, 0.5) is 0 Å². The van der Waals surface area contributed by atoms with E-state index in [1.807, 2.05) is 4.90 Å². The molecule has 0 radical (unpaired) electrons. The molecule has 2 fully saturated rings. The molecule has 5 heteroatoms. The number of likely N-dealkylation sites (tertiary alicyclic amines) is 1. The number of amides is 1. The largest absolute Gasteiger partial charge is 0.480 e. The van der Waals surface area contributed by atoms with Crippen molar-refractivity contribution in [2.45, 2.75) is 51.1 Å². The van der Waals surface area contributed by atoms with Gasteiger partial charge < -0.3 is 9.64 Å². The zero-order chi connectivity index (χ0) is 14.1. The highest BCUT2D eigenvalue weighted by molar-refractivity contribution is 5.92. The van der Waals surface area contributed by atoms with Crippen molar-refractivity contribution < 1.29 is 9.53 Å². The van der Waals surface area contributed by atoms with Gasteiger partial charge >= 0.3 is 0 Å². The lowest BCUT2D eigenvalue weighted by Gasteiger charge is -2.32. The van der Waals surface area contributed by atoms with E-state index in [1.165, 1.54) is 19.3 Å². The molecular weight excluding hydrogens is 254 g/mol. The Bertz CT molecular complexity index is 488. The number of carbonyl (C=O) groups is 1. The van der Waals surface area contributed by atoms with Gasteiger partial charge in [0.05, 0.1) is 7.11 Å². The summed E-state index contributed by atoms with van der Waals surface area (Å²) in [5, 5.41) is 7.90. The van der Waals surface area contributed by atoms with E-state index in [2.05, 4.69) is 17.1 Å². The number of ether oxygens (including phenoxy) is 1. The molecule has 2 aliphatic rings. The van der Waals surface area contributed by atoms with Crippen LogP contribution in [-0.4, -0.2) is 40.2 Å². The van der Waals surface area contributed by atoms with Crippen LogP contribution in [0.5, 0.6) is 5.88 Å². The minimum atomic E-state index is 0.0158. The Hall–Kier alpha value is -1.65. The first-order valence-corrected chi connectivity index (χ1v) is 7.41. The molecule has 1 saturated carbocycles. The predicted molar refractivity (Wildman–Crippen MR) is 74.6 cm³/mol. The van der Waals surface area contributed by atoms with Crippen LogP contribution < -0.4 is 4.74 Å². The molecule has 3 atom stereocenters. The topological polar surface area (TPSA) is 55.3 Å². The van der Waals surface area contributed by atoms with Crippen molar-refractivity contribution in [3.63, 3.8) is 0 Å². The molecule has 0 unspecified atom stereocenters. The molecule has 5 nitrogen and oxygen atoms in total. The fourth-order valence-corrected chi connectivity index (χ4v) is 3.73. The van der Waals surface area contributed by atoms with Crippen molar-refractivity contribution in [2.75, 3.05) is 7.11 Å². The second-order valence-electron chi connectivity index (χ2n) is 5.87. The third-order valence-electron chi connectivity index (χ3n) is 4.65. The number of methoxy groups -OCH3 is 1. The maximum absolute atomic E-state index is 12.7. The van der Waals surface area contributed by atoms with Crippen molar-refractivity contribution in [1.29, 1.82) is 0 Å². The van der Waals surface area contributed by atoms with E-state index in [-0.39, 0.29) is 5.91 Å². The molecule has 0 N–H and O–H groups in total. The van der Waals surface area contributed by atoms with Crippen LogP contribution in [0.3, 0.4) is 0 Å². The molecule has 1 aromatic rings. The summed E-state index contributed by atoms with van der Waals surface area (Å²) in [4.78, 5) is 14.7. The Kier molecular flexibility index (Phi) is 3.59. The van der Waals surface area contributed by atoms with Gasteiger partial charge in [-0.05, 0) is 38.2 Å². The van der Waals surface area contributed by atoms with Gasteiger partial charge in [0.25, 0.3) is 5.91 Å². The van der Waals surface area contributed by atoms with Crippen LogP contribution in [0.25, 0.3) is 0 Å². The van der Waals surface area contributed by atoms with Gasteiger partial charge in [0.1, 0.15) is 0 Å². The van der Waals surface area contributed by atoms with Gasteiger partial charge in [0.15, 0.2) is 5.69 Å². The molecule has 108 valence electrons. The second kappa shape index (κ2) is 5.38. The van der Waals surface area contributed by atoms with Crippen LogP contribution in [0, 0.1) is 5.92 Å². The van der Waals surface area contributed by atoms with Crippen LogP contribution in [-0.2, 0) is 0 Å².